The average Bonchev–Trinajstić information content (AvgIpc) is 2.30. The molecule has 1 unspecified atom stereocenters. The molecule has 1 heterocycles. The Bertz CT molecular complexity index is 463. The van der Waals surface area contributed by atoms with Crippen LogP contribution in [0.25, 0.3) is 0 Å². The van der Waals surface area contributed by atoms with E-state index >= 15 is 0 Å². The summed E-state index contributed by atoms with van der Waals surface area (Å²) in [5.74, 6) is 0.456. The van der Waals surface area contributed by atoms with E-state index in [0.29, 0.717) is 11.5 Å². The Morgan fingerprint density at radius 1 is 1.33 bits per heavy atom. The molecule has 0 aromatic carbocycles. The van der Waals surface area contributed by atoms with Crippen molar-refractivity contribution in [2.75, 3.05) is 0 Å². The second kappa shape index (κ2) is 6.38. The lowest BCUT2D eigenvalue weighted by Gasteiger charge is -2.15. The SMILES string of the molecule is CC(C)CCC(C)NC(=O)c1ccn(C)c(=O)c1. The van der Waals surface area contributed by atoms with Crippen LogP contribution in [0.1, 0.15) is 44.0 Å². The fourth-order valence-corrected chi connectivity index (χ4v) is 1.65. The molecule has 0 saturated carbocycles. The lowest BCUT2D eigenvalue weighted by atomic mass is 10.0. The van der Waals surface area contributed by atoms with Gasteiger partial charge in [-0.15, -0.1) is 0 Å². The fraction of sp³-hybridized carbons (Fsp3) is 0.571. The van der Waals surface area contributed by atoms with Crippen molar-refractivity contribution in [2.45, 2.75) is 39.7 Å². The molecule has 4 heteroatoms. The van der Waals surface area contributed by atoms with Crippen LogP contribution in [0.3, 0.4) is 0 Å². The van der Waals surface area contributed by atoms with Crippen molar-refractivity contribution in [3.05, 3.63) is 34.2 Å². The largest absolute Gasteiger partial charge is 0.350 e. The minimum absolute atomic E-state index is 0.129. The number of aryl methyl sites for hydroxylation is 1. The van der Waals surface area contributed by atoms with E-state index in [4.69, 9.17) is 0 Å². The van der Waals surface area contributed by atoms with Crippen LogP contribution in [0.5, 0.6) is 0 Å². The van der Waals surface area contributed by atoms with Gasteiger partial charge < -0.3 is 9.88 Å². The van der Waals surface area contributed by atoms with Crippen LogP contribution < -0.4 is 10.9 Å². The quantitative estimate of drug-likeness (QED) is 0.868. The van der Waals surface area contributed by atoms with Gasteiger partial charge in [-0.05, 0) is 31.7 Å². The summed E-state index contributed by atoms with van der Waals surface area (Å²) in [6, 6.07) is 3.15. The fourth-order valence-electron chi connectivity index (χ4n) is 1.65. The van der Waals surface area contributed by atoms with Gasteiger partial charge in [0.15, 0.2) is 0 Å². The van der Waals surface area contributed by atoms with Crippen molar-refractivity contribution < 1.29 is 4.79 Å². The first kappa shape index (κ1) is 14.5. The average molecular weight is 250 g/mol. The van der Waals surface area contributed by atoms with Gasteiger partial charge in [0.25, 0.3) is 11.5 Å². The Morgan fingerprint density at radius 2 is 2.00 bits per heavy atom. The van der Waals surface area contributed by atoms with Crippen LogP contribution in [-0.4, -0.2) is 16.5 Å². The zero-order chi connectivity index (χ0) is 13.7. The Morgan fingerprint density at radius 3 is 2.56 bits per heavy atom. The topological polar surface area (TPSA) is 51.1 Å². The molecule has 1 amide bonds. The summed E-state index contributed by atoms with van der Waals surface area (Å²) >= 11 is 0. The predicted octanol–water partition coefficient (Wildman–Crippen LogP) is 1.94. The third-order valence-electron chi connectivity index (χ3n) is 2.92. The highest BCUT2D eigenvalue weighted by Gasteiger charge is 2.10. The minimum atomic E-state index is -0.177. The highest BCUT2D eigenvalue weighted by Crippen LogP contribution is 2.07. The molecule has 1 aromatic heterocycles. The van der Waals surface area contributed by atoms with Gasteiger partial charge >= 0.3 is 0 Å². The molecule has 1 aromatic rings. The van der Waals surface area contributed by atoms with Gasteiger partial charge in [0.1, 0.15) is 0 Å². The van der Waals surface area contributed by atoms with Crippen molar-refractivity contribution >= 4 is 5.91 Å². The molecule has 0 bridgehead atoms. The minimum Gasteiger partial charge on any atom is -0.350 e. The van der Waals surface area contributed by atoms with E-state index in [-0.39, 0.29) is 17.5 Å². The standard InChI is InChI=1S/C14H22N2O2/c1-10(2)5-6-11(3)15-14(18)12-7-8-16(4)13(17)9-12/h7-11H,5-6H2,1-4H3,(H,15,18). The number of nitrogens with zero attached hydrogens (tertiary/aromatic N) is 1. The summed E-state index contributed by atoms with van der Waals surface area (Å²) < 4.78 is 1.44. The molecule has 0 aliphatic rings. The van der Waals surface area contributed by atoms with Crippen LogP contribution in [0.15, 0.2) is 23.1 Å². The van der Waals surface area contributed by atoms with Crippen molar-refractivity contribution in [3.8, 4) is 0 Å². The van der Waals surface area contributed by atoms with Crippen molar-refractivity contribution in [2.24, 2.45) is 13.0 Å². The third-order valence-corrected chi connectivity index (χ3v) is 2.92. The first-order valence-corrected chi connectivity index (χ1v) is 6.37. The molecule has 0 radical (unpaired) electrons. The normalized spacial score (nSPS) is 12.5. The van der Waals surface area contributed by atoms with Crippen LogP contribution in [-0.2, 0) is 7.05 Å². The molecule has 100 valence electrons. The molecular formula is C14H22N2O2. The number of carbonyl (C=O) groups excluding carboxylic acids is 1. The van der Waals surface area contributed by atoms with E-state index in [2.05, 4.69) is 19.2 Å². The second-order valence-electron chi connectivity index (χ2n) is 5.21. The number of hydrogen-bond donors (Lipinski definition) is 1. The number of amides is 1. The molecule has 0 fully saturated rings. The molecule has 1 N–H and O–H groups in total. The van der Waals surface area contributed by atoms with E-state index < -0.39 is 0 Å². The van der Waals surface area contributed by atoms with E-state index in [1.807, 2.05) is 6.92 Å². The number of aromatic nitrogens is 1. The maximum atomic E-state index is 11.9. The highest BCUT2D eigenvalue weighted by molar-refractivity contribution is 5.94. The van der Waals surface area contributed by atoms with Gasteiger partial charge in [-0.3, -0.25) is 9.59 Å². The maximum absolute atomic E-state index is 11.9. The number of rotatable bonds is 5. The zero-order valence-electron chi connectivity index (χ0n) is 11.6. The van der Waals surface area contributed by atoms with Gasteiger partial charge in [0.05, 0.1) is 0 Å². The molecule has 0 aliphatic carbocycles. The Kier molecular flexibility index (Phi) is 5.13. The first-order chi connectivity index (χ1) is 8.40. The van der Waals surface area contributed by atoms with E-state index in [0.717, 1.165) is 12.8 Å². The summed E-state index contributed by atoms with van der Waals surface area (Å²) in [5.41, 5.74) is 0.256. The molecule has 18 heavy (non-hydrogen) atoms. The van der Waals surface area contributed by atoms with Crippen LogP contribution in [0.2, 0.25) is 0 Å². The van der Waals surface area contributed by atoms with Gasteiger partial charge in [-0.1, -0.05) is 13.8 Å². The van der Waals surface area contributed by atoms with Gasteiger partial charge in [0, 0.05) is 30.9 Å². The van der Waals surface area contributed by atoms with Crippen molar-refractivity contribution in [3.63, 3.8) is 0 Å². The lowest BCUT2D eigenvalue weighted by molar-refractivity contribution is 0.0937. The van der Waals surface area contributed by atoms with Crippen LogP contribution >= 0.6 is 0 Å². The molecule has 1 atom stereocenters. The number of pyridine rings is 1. The summed E-state index contributed by atoms with van der Waals surface area (Å²) in [6.45, 7) is 6.31. The smallest absolute Gasteiger partial charge is 0.251 e. The van der Waals surface area contributed by atoms with Crippen LogP contribution in [0, 0.1) is 5.92 Å². The zero-order valence-corrected chi connectivity index (χ0v) is 11.6. The Labute approximate surface area is 108 Å². The molecule has 0 spiro atoms. The predicted molar refractivity (Wildman–Crippen MR) is 72.7 cm³/mol. The van der Waals surface area contributed by atoms with Gasteiger partial charge in [0.2, 0.25) is 0 Å². The van der Waals surface area contributed by atoms with Crippen molar-refractivity contribution in [1.82, 2.24) is 9.88 Å². The number of carbonyl (C=O) groups is 1. The third kappa shape index (κ3) is 4.35. The summed E-state index contributed by atoms with van der Waals surface area (Å²) in [7, 11) is 1.66. The molecular weight excluding hydrogens is 228 g/mol. The van der Waals surface area contributed by atoms with E-state index in [1.165, 1.54) is 10.6 Å². The number of hydrogen-bond acceptors (Lipinski definition) is 2. The highest BCUT2D eigenvalue weighted by atomic mass is 16.2. The number of nitrogens with one attached hydrogen (secondary N) is 1. The Balaban J connectivity index is 2.59. The Hall–Kier alpha value is -1.58. The van der Waals surface area contributed by atoms with Gasteiger partial charge in [-0.25, -0.2) is 0 Å². The molecule has 1 rings (SSSR count). The summed E-state index contributed by atoms with van der Waals surface area (Å²) in [6.07, 6.45) is 3.64. The molecule has 0 aliphatic heterocycles. The van der Waals surface area contributed by atoms with Crippen LogP contribution in [0.4, 0.5) is 0 Å². The first-order valence-electron chi connectivity index (χ1n) is 6.37. The van der Waals surface area contributed by atoms with E-state index in [9.17, 15) is 9.59 Å². The second-order valence-corrected chi connectivity index (χ2v) is 5.21. The maximum Gasteiger partial charge on any atom is 0.251 e. The molecule has 0 saturated heterocycles. The van der Waals surface area contributed by atoms with Crippen molar-refractivity contribution in [1.29, 1.82) is 0 Å². The monoisotopic (exact) mass is 250 g/mol. The van der Waals surface area contributed by atoms with E-state index in [1.54, 1.807) is 19.3 Å². The summed E-state index contributed by atoms with van der Waals surface area (Å²) in [4.78, 5) is 23.3. The molecule has 4 nitrogen and oxygen atoms in total. The summed E-state index contributed by atoms with van der Waals surface area (Å²) in [5, 5.41) is 2.91. The lowest BCUT2D eigenvalue weighted by Crippen LogP contribution is -2.33. The van der Waals surface area contributed by atoms with Gasteiger partial charge in [-0.2, -0.15) is 0 Å².